The number of alkyl halides is 1. The van der Waals surface area contributed by atoms with Crippen LogP contribution in [0.4, 0.5) is 0 Å². The summed E-state index contributed by atoms with van der Waals surface area (Å²) >= 11 is 4.92. The van der Waals surface area contributed by atoms with Crippen LogP contribution in [0, 0.1) is 0 Å². The maximum Gasteiger partial charge on any atom is 0.281 e. The summed E-state index contributed by atoms with van der Waals surface area (Å²) in [6, 6.07) is 0. The second-order valence-corrected chi connectivity index (χ2v) is 3.71. The first-order valence-electron chi connectivity index (χ1n) is 1.55. The van der Waals surface area contributed by atoms with E-state index >= 15 is 0 Å². The molecule has 3 nitrogen and oxygen atoms in total. The second kappa shape index (κ2) is 1.98. The lowest BCUT2D eigenvalue weighted by Crippen LogP contribution is -2.08. The molecule has 0 aliphatic heterocycles. The van der Waals surface area contributed by atoms with Gasteiger partial charge < -0.3 is 0 Å². The number of hydrogen-bond donors (Lipinski definition) is 1. The Bertz CT molecular complexity index is 135. The van der Waals surface area contributed by atoms with E-state index in [4.69, 9.17) is 16.2 Å². The van der Waals surface area contributed by atoms with Crippen molar-refractivity contribution < 1.29 is 13.0 Å². The van der Waals surface area contributed by atoms with E-state index in [2.05, 4.69) is 0 Å². The molecule has 1 N–H and O–H groups in total. The van der Waals surface area contributed by atoms with Crippen molar-refractivity contribution in [3.63, 3.8) is 0 Å². The highest BCUT2D eigenvalue weighted by molar-refractivity contribution is 7.87. The van der Waals surface area contributed by atoms with E-state index in [-0.39, 0.29) is 0 Å². The summed E-state index contributed by atoms with van der Waals surface area (Å²) in [6.45, 7) is 1.18. The van der Waals surface area contributed by atoms with Crippen LogP contribution in [0.3, 0.4) is 0 Å². The molecule has 0 amide bonds. The standard InChI is InChI=1S/C2H5ClO3S/c1-2(3)7(4,5)6/h2H,1H3,(H,4,5,6). The summed E-state index contributed by atoms with van der Waals surface area (Å²) < 4.78 is 26.2. The second-order valence-electron chi connectivity index (χ2n) is 1.06. The summed E-state index contributed by atoms with van der Waals surface area (Å²) in [7, 11) is -3.98. The van der Waals surface area contributed by atoms with Crippen LogP contribution in [0.15, 0.2) is 0 Å². The van der Waals surface area contributed by atoms with Gasteiger partial charge in [-0.2, -0.15) is 8.42 Å². The Kier molecular flexibility index (Phi) is 2.04. The maximum atomic E-state index is 9.75. The third-order valence-electron chi connectivity index (χ3n) is 0.410. The minimum Gasteiger partial charge on any atom is -0.284 e. The molecule has 0 saturated carbocycles. The molecule has 5 heteroatoms. The van der Waals surface area contributed by atoms with Gasteiger partial charge in [-0.25, -0.2) is 0 Å². The summed E-state index contributed by atoms with van der Waals surface area (Å²) in [4.78, 5) is 0. The van der Waals surface area contributed by atoms with Gasteiger partial charge in [0.1, 0.15) is 0 Å². The molecule has 0 aromatic carbocycles. The van der Waals surface area contributed by atoms with E-state index in [0.717, 1.165) is 0 Å². The molecule has 1 unspecified atom stereocenters. The Morgan fingerprint density at radius 3 is 1.86 bits per heavy atom. The molecule has 0 heterocycles. The van der Waals surface area contributed by atoms with Gasteiger partial charge >= 0.3 is 0 Å². The van der Waals surface area contributed by atoms with Crippen LogP contribution >= 0.6 is 11.6 Å². The quantitative estimate of drug-likeness (QED) is 0.430. The molecule has 0 aromatic heterocycles. The van der Waals surface area contributed by atoms with Gasteiger partial charge in [0.05, 0.1) is 0 Å². The van der Waals surface area contributed by atoms with Gasteiger partial charge in [0.15, 0.2) is 4.71 Å². The van der Waals surface area contributed by atoms with E-state index in [1.165, 1.54) is 6.92 Å². The number of halogens is 1. The molecule has 0 spiro atoms. The minimum atomic E-state index is -3.98. The SMILES string of the molecule is CC(Cl)S(=O)(=O)O. The Hall–Kier alpha value is 0.200. The zero-order valence-electron chi connectivity index (χ0n) is 3.63. The fourth-order valence-corrected chi connectivity index (χ4v) is 0. The third-order valence-corrected chi connectivity index (χ3v) is 1.91. The maximum absolute atomic E-state index is 9.75. The first-order valence-corrected chi connectivity index (χ1v) is 3.49. The molecular weight excluding hydrogens is 140 g/mol. The summed E-state index contributed by atoms with van der Waals surface area (Å²) in [5.74, 6) is 0. The van der Waals surface area contributed by atoms with E-state index in [1.54, 1.807) is 0 Å². The van der Waals surface area contributed by atoms with Gasteiger partial charge in [0.2, 0.25) is 0 Å². The van der Waals surface area contributed by atoms with Crippen LogP contribution in [0.5, 0.6) is 0 Å². The average Bonchev–Trinajstić information content (AvgIpc) is 1.31. The molecule has 0 rings (SSSR count). The van der Waals surface area contributed by atoms with Crippen molar-refractivity contribution in [1.82, 2.24) is 0 Å². The van der Waals surface area contributed by atoms with Crippen LogP contribution in [-0.2, 0) is 10.1 Å². The highest BCUT2D eigenvalue weighted by Gasteiger charge is 2.11. The monoisotopic (exact) mass is 144 g/mol. The lowest BCUT2D eigenvalue weighted by atomic mass is 11.0. The average molecular weight is 145 g/mol. The van der Waals surface area contributed by atoms with Crippen LogP contribution in [-0.4, -0.2) is 17.7 Å². The van der Waals surface area contributed by atoms with Gasteiger partial charge in [0.25, 0.3) is 10.1 Å². The Morgan fingerprint density at radius 1 is 1.71 bits per heavy atom. The molecule has 44 valence electrons. The first kappa shape index (κ1) is 7.20. The predicted octanol–water partition coefficient (Wildman–Crippen LogP) is 0.459. The fourth-order valence-electron chi connectivity index (χ4n) is 0. The lowest BCUT2D eigenvalue weighted by Gasteiger charge is -1.92. The summed E-state index contributed by atoms with van der Waals surface area (Å²) in [5.41, 5.74) is 0. The van der Waals surface area contributed by atoms with E-state index in [9.17, 15) is 8.42 Å². The molecule has 0 fully saturated rings. The van der Waals surface area contributed by atoms with Crippen molar-refractivity contribution in [2.24, 2.45) is 0 Å². The zero-order chi connectivity index (χ0) is 6.08. The summed E-state index contributed by atoms with van der Waals surface area (Å²) in [5, 5.41) is 0. The van der Waals surface area contributed by atoms with E-state index < -0.39 is 14.8 Å². The van der Waals surface area contributed by atoms with Crippen LogP contribution in [0.2, 0.25) is 0 Å². The Labute approximate surface area is 47.0 Å². The normalized spacial score (nSPS) is 16.4. The van der Waals surface area contributed by atoms with Gasteiger partial charge in [0, 0.05) is 0 Å². The topological polar surface area (TPSA) is 54.4 Å². The fraction of sp³-hybridized carbons (Fsp3) is 1.00. The van der Waals surface area contributed by atoms with Crippen molar-refractivity contribution >= 4 is 21.7 Å². The number of hydrogen-bond acceptors (Lipinski definition) is 2. The third kappa shape index (κ3) is 2.85. The Balaban J connectivity index is 4.10. The van der Waals surface area contributed by atoms with Crippen molar-refractivity contribution in [2.45, 2.75) is 11.6 Å². The molecular formula is C2H5ClO3S. The van der Waals surface area contributed by atoms with Crippen molar-refractivity contribution in [2.75, 3.05) is 0 Å². The summed E-state index contributed by atoms with van der Waals surface area (Å²) in [6.07, 6.45) is 0. The van der Waals surface area contributed by atoms with Crippen LogP contribution < -0.4 is 0 Å². The van der Waals surface area contributed by atoms with Gasteiger partial charge in [-0.1, -0.05) is 0 Å². The molecule has 0 aromatic rings. The van der Waals surface area contributed by atoms with Crippen molar-refractivity contribution in [1.29, 1.82) is 0 Å². The minimum absolute atomic E-state index is 1.18. The molecule has 0 saturated heterocycles. The van der Waals surface area contributed by atoms with Crippen LogP contribution in [0.25, 0.3) is 0 Å². The molecule has 7 heavy (non-hydrogen) atoms. The molecule has 0 aliphatic carbocycles. The largest absolute Gasteiger partial charge is 0.284 e. The van der Waals surface area contributed by atoms with Gasteiger partial charge in [-0.05, 0) is 6.92 Å². The highest BCUT2D eigenvalue weighted by atomic mass is 35.5. The van der Waals surface area contributed by atoms with Crippen molar-refractivity contribution in [3.8, 4) is 0 Å². The molecule has 0 aliphatic rings. The lowest BCUT2D eigenvalue weighted by molar-refractivity contribution is 0.481. The van der Waals surface area contributed by atoms with Gasteiger partial charge in [-0.15, -0.1) is 11.6 Å². The van der Waals surface area contributed by atoms with Crippen molar-refractivity contribution in [3.05, 3.63) is 0 Å². The highest BCUT2D eigenvalue weighted by Crippen LogP contribution is 1.99. The van der Waals surface area contributed by atoms with E-state index in [0.29, 0.717) is 0 Å². The van der Waals surface area contributed by atoms with E-state index in [1.807, 2.05) is 0 Å². The number of rotatable bonds is 1. The first-order chi connectivity index (χ1) is 2.94. The Morgan fingerprint density at radius 2 is 1.86 bits per heavy atom. The molecule has 0 bridgehead atoms. The van der Waals surface area contributed by atoms with Gasteiger partial charge in [-0.3, -0.25) is 4.55 Å². The van der Waals surface area contributed by atoms with Crippen LogP contribution in [0.1, 0.15) is 6.92 Å². The zero-order valence-corrected chi connectivity index (χ0v) is 5.20. The molecule has 0 radical (unpaired) electrons. The smallest absolute Gasteiger partial charge is 0.281 e. The molecule has 1 atom stereocenters. The predicted molar refractivity (Wildman–Crippen MR) is 26.9 cm³/mol.